The molecule has 0 atom stereocenters. The Balaban J connectivity index is 1.41. The van der Waals surface area contributed by atoms with Crippen LogP contribution in [-0.4, -0.2) is 60.3 Å². The molecule has 28 heavy (non-hydrogen) atoms. The molecule has 2 fully saturated rings. The number of fused-ring (bicyclic) bond motifs is 1. The average Bonchev–Trinajstić information content (AvgIpc) is 2.67. The van der Waals surface area contributed by atoms with Gasteiger partial charge in [0.1, 0.15) is 12.1 Å². The van der Waals surface area contributed by atoms with Crippen LogP contribution in [0.1, 0.15) is 0 Å². The van der Waals surface area contributed by atoms with E-state index in [1.54, 1.807) is 6.07 Å². The van der Waals surface area contributed by atoms with Gasteiger partial charge in [-0.3, -0.25) is 4.90 Å². The first-order chi connectivity index (χ1) is 13.7. The predicted molar refractivity (Wildman–Crippen MR) is 111 cm³/mol. The highest BCUT2D eigenvalue weighted by atomic mass is 79.9. The van der Waals surface area contributed by atoms with Gasteiger partial charge in [0, 0.05) is 41.6 Å². The summed E-state index contributed by atoms with van der Waals surface area (Å²) in [5, 5.41) is 0.903. The van der Waals surface area contributed by atoms with E-state index >= 15 is 4.39 Å². The predicted octanol–water partition coefficient (Wildman–Crippen LogP) is 3.72. The van der Waals surface area contributed by atoms with Gasteiger partial charge in [-0.1, -0.05) is 22.0 Å². The second kappa shape index (κ2) is 7.39. The number of hydrogen-bond acceptors (Lipinski definition) is 5. The minimum Gasteiger partial charge on any atom is -0.378 e. The molecule has 0 unspecified atom stereocenters. The van der Waals surface area contributed by atoms with E-state index in [4.69, 9.17) is 4.74 Å². The van der Waals surface area contributed by atoms with Gasteiger partial charge in [-0.25, -0.2) is 14.4 Å². The van der Waals surface area contributed by atoms with Crippen molar-refractivity contribution in [2.24, 2.45) is 0 Å². The first-order valence-electron chi connectivity index (χ1n) is 9.46. The third-order valence-corrected chi connectivity index (χ3v) is 6.10. The number of halogens is 2. The summed E-state index contributed by atoms with van der Waals surface area (Å²) in [6, 6.07) is 11.8. The molecule has 0 amide bonds. The van der Waals surface area contributed by atoms with Gasteiger partial charge >= 0.3 is 0 Å². The van der Waals surface area contributed by atoms with Gasteiger partial charge in [-0.2, -0.15) is 0 Å². The summed E-state index contributed by atoms with van der Waals surface area (Å²) in [5.74, 6) is -0.209. The fourth-order valence-electron chi connectivity index (χ4n) is 3.93. The van der Waals surface area contributed by atoms with Crippen LogP contribution in [0, 0.1) is 5.82 Å². The summed E-state index contributed by atoms with van der Waals surface area (Å²) in [5.41, 5.74) is 3.00. The zero-order chi connectivity index (χ0) is 19.1. The lowest BCUT2D eigenvalue weighted by Gasteiger charge is -2.43. The second-order valence-corrected chi connectivity index (χ2v) is 8.18. The minimum absolute atomic E-state index is 0.209. The molecule has 0 saturated carbocycles. The summed E-state index contributed by atoms with van der Waals surface area (Å²) < 4.78 is 21.2. The largest absolute Gasteiger partial charge is 0.378 e. The normalized spacial score (nSPS) is 18.4. The maximum atomic E-state index is 15.0. The SMILES string of the molecule is Fc1cc(-c2ncnc3ccc(Br)cc23)ccc1N1CCN(C2COC2)CC1. The molecule has 1 aromatic heterocycles. The number of nitrogens with zero attached hydrogens (tertiary/aromatic N) is 4. The third kappa shape index (κ3) is 3.27. The lowest BCUT2D eigenvalue weighted by molar-refractivity contribution is -0.0660. The Bertz CT molecular complexity index is 1020. The molecule has 2 saturated heterocycles. The van der Waals surface area contributed by atoms with Crippen molar-refractivity contribution in [2.75, 3.05) is 44.3 Å². The molecule has 7 heteroatoms. The average molecular weight is 443 g/mol. The van der Waals surface area contributed by atoms with Gasteiger partial charge in [0.05, 0.1) is 36.2 Å². The Labute approximate surface area is 171 Å². The molecule has 2 aliphatic rings. The van der Waals surface area contributed by atoms with E-state index < -0.39 is 0 Å². The van der Waals surface area contributed by atoms with Crippen molar-refractivity contribution in [2.45, 2.75) is 6.04 Å². The van der Waals surface area contributed by atoms with E-state index in [9.17, 15) is 0 Å². The maximum Gasteiger partial charge on any atom is 0.147 e. The standard InChI is InChI=1S/C21H20BrFN4O/c22-15-2-3-19-17(10-15)21(25-13-24-19)14-1-4-20(18(23)9-14)27-7-5-26(6-8-27)16-11-28-12-16/h1-4,9-10,13,16H,5-8,11-12H2. The smallest absolute Gasteiger partial charge is 0.147 e. The molecular weight excluding hydrogens is 423 g/mol. The molecule has 0 spiro atoms. The van der Waals surface area contributed by atoms with Crippen molar-refractivity contribution in [1.29, 1.82) is 0 Å². The summed E-state index contributed by atoms with van der Waals surface area (Å²) in [6.45, 7) is 5.20. The number of rotatable bonds is 3. The molecule has 5 nitrogen and oxygen atoms in total. The highest BCUT2D eigenvalue weighted by molar-refractivity contribution is 9.10. The van der Waals surface area contributed by atoms with E-state index in [-0.39, 0.29) is 5.82 Å². The number of hydrogen-bond donors (Lipinski definition) is 0. The van der Waals surface area contributed by atoms with Gasteiger partial charge < -0.3 is 9.64 Å². The van der Waals surface area contributed by atoms with Gasteiger partial charge in [0.25, 0.3) is 0 Å². The summed E-state index contributed by atoms with van der Waals surface area (Å²) >= 11 is 3.49. The van der Waals surface area contributed by atoms with E-state index in [1.165, 1.54) is 6.33 Å². The lowest BCUT2D eigenvalue weighted by Crippen LogP contribution is -2.56. The molecule has 0 bridgehead atoms. The number of aromatic nitrogens is 2. The summed E-state index contributed by atoms with van der Waals surface area (Å²) in [6.07, 6.45) is 1.53. The zero-order valence-electron chi connectivity index (χ0n) is 15.3. The quantitative estimate of drug-likeness (QED) is 0.618. The van der Waals surface area contributed by atoms with Crippen LogP contribution in [-0.2, 0) is 4.74 Å². The van der Waals surface area contributed by atoms with E-state index in [2.05, 4.69) is 35.7 Å². The number of benzene rings is 2. The van der Waals surface area contributed by atoms with Gasteiger partial charge in [0.15, 0.2) is 0 Å². The van der Waals surface area contributed by atoms with Crippen LogP contribution in [0.25, 0.3) is 22.2 Å². The van der Waals surface area contributed by atoms with Gasteiger partial charge in [0.2, 0.25) is 0 Å². The van der Waals surface area contributed by atoms with Crippen molar-refractivity contribution in [1.82, 2.24) is 14.9 Å². The maximum absolute atomic E-state index is 15.0. The molecular formula is C21H20BrFN4O. The molecule has 144 valence electrons. The van der Waals surface area contributed by atoms with Crippen LogP contribution < -0.4 is 4.90 Å². The molecule has 0 aliphatic carbocycles. The van der Waals surface area contributed by atoms with Crippen molar-refractivity contribution in [3.05, 3.63) is 53.0 Å². The number of anilines is 1. The number of ether oxygens (including phenoxy) is 1. The highest BCUT2D eigenvalue weighted by Gasteiger charge is 2.29. The summed E-state index contributed by atoms with van der Waals surface area (Å²) in [4.78, 5) is 13.3. The van der Waals surface area contributed by atoms with Gasteiger partial charge in [-0.15, -0.1) is 0 Å². The van der Waals surface area contributed by atoms with Crippen LogP contribution >= 0.6 is 15.9 Å². The Morgan fingerprint density at radius 2 is 1.82 bits per heavy atom. The monoisotopic (exact) mass is 442 g/mol. The van der Waals surface area contributed by atoms with E-state index in [0.29, 0.717) is 11.7 Å². The van der Waals surface area contributed by atoms with Crippen LogP contribution in [0.2, 0.25) is 0 Å². The molecule has 3 aromatic rings. The first kappa shape index (κ1) is 18.0. The lowest BCUT2D eigenvalue weighted by atomic mass is 10.1. The van der Waals surface area contributed by atoms with Crippen LogP contribution in [0.4, 0.5) is 10.1 Å². The molecule has 2 aromatic carbocycles. The minimum atomic E-state index is -0.209. The van der Waals surface area contributed by atoms with Crippen LogP contribution in [0.5, 0.6) is 0 Å². The highest BCUT2D eigenvalue weighted by Crippen LogP contribution is 2.31. The molecule has 2 aliphatic heterocycles. The Morgan fingerprint density at radius 3 is 2.54 bits per heavy atom. The van der Waals surface area contributed by atoms with Crippen LogP contribution in [0.15, 0.2) is 47.2 Å². The molecule has 0 radical (unpaired) electrons. The Morgan fingerprint density at radius 1 is 1.00 bits per heavy atom. The van der Waals surface area contributed by atoms with E-state index in [0.717, 1.165) is 66.0 Å². The first-order valence-corrected chi connectivity index (χ1v) is 10.3. The fraction of sp³-hybridized carbons (Fsp3) is 0.333. The Kier molecular flexibility index (Phi) is 4.74. The zero-order valence-corrected chi connectivity index (χ0v) is 16.9. The molecule has 0 N–H and O–H groups in total. The van der Waals surface area contributed by atoms with Crippen molar-refractivity contribution < 1.29 is 9.13 Å². The van der Waals surface area contributed by atoms with E-state index in [1.807, 2.05) is 30.3 Å². The summed E-state index contributed by atoms with van der Waals surface area (Å²) in [7, 11) is 0. The fourth-order valence-corrected chi connectivity index (χ4v) is 4.29. The van der Waals surface area contributed by atoms with Crippen LogP contribution in [0.3, 0.4) is 0 Å². The third-order valence-electron chi connectivity index (χ3n) is 5.61. The Hall–Kier alpha value is -2.09. The van der Waals surface area contributed by atoms with Gasteiger partial charge in [-0.05, 0) is 30.3 Å². The second-order valence-electron chi connectivity index (χ2n) is 7.26. The topological polar surface area (TPSA) is 41.5 Å². The molecule has 3 heterocycles. The van der Waals surface area contributed by atoms with Crippen molar-refractivity contribution in [3.8, 4) is 11.3 Å². The van der Waals surface area contributed by atoms with Crippen molar-refractivity contribution >= 4 is 32.5 Å². The number of piperazine rings is 1. The van der Waals surface area contributed by atoms with Crippen molar-refractivity contribution in [3.63, 3.8) is 0 Å². The molecule has 5 rings (SSSR count).